The van der Waals surface area contributed by atoms with Crippen molar-refractivity contribution < 1.29 is 24.5 Å². The molecule has 0 aliphatic heterocycles. The standard InChI is InChI=1S/C55H99NO5/c1-4-7-10-13-16-19-22-24-26-28-30-33-36-39-42-45-48-55(60)61-51(46-43-40-37-34-31-21-18-15-12-9-6-3)49-54(59)56-52(50-57)53(58)47-44-41-38-35-32-29-27-25-23-20-17-14-11-8-5-2/h7,10,16,19,24,26,30,33-34,37,51-53,57-58H,4-6,8-9,11-15,17-18,20-23,25,27-29,31-32,35-36,38-50H2,1-3H3,(H,56,59)/b10-7+,19-16+,26-24+,33-30+,37-34-. The summed E-state index contributed by atoms with van der Waals surface area (Å²) in [5.74, 6) is -0.539. The number of hydrogen-bond donors (Lipinski definition) is 3. The fraction of sp³-hybridized carbons (Fsp3) is 0.782. The highest BCUT2D eigenvalue weighted by molar-refractivity contribution is 5.77. The van der Waals surface area contributed by atoms with Crippen molar-refractivity contribution >= 4 is 11.9 Å². The van der Waals surface area contributed by atoms with E-state index in [4.69, 9.17) is 4.74 Å². The van der Waals surface area contributed by atoms with Crippen LogP contribution in [0, 0.1) is 0 Å². The summed E-state index contributed by atoms with van der Waals surface area (Å²) in [5.41, 5.74) is 0. The molecule has 3 unspecified atom stereocenters. The maximum absolute atomic E-state index is 13.2. The summed E-state index contributed by atoms with van der Waals surface area (Å²) in [4.78, 5) is 26.1. The fourth-order valence-electron chi connectivity index (χ4n) is 7.66. The molecular formula is C55H99NO5. The summed E-state index contributed by atoms with van der Waals surface area (Å²) in [7, 11) is 0. The molecule has 6 nitrogen and oxygen atoms in total. The molecule has 0 fully saturated rings. The maximum Gasteiger partial charge on any atom is 0.306 e. The monoisotopic (exact) mass is 854 g/mol. The molecule has 0 aliphatic carbocycles. The Morgan fingerprint density at radius 1 is 0.492 bits per heavy atom. The number of aliphatic hydroxyl groups excluding tert-OH is 2. The maximum atomic E-state index is 13.2. The second kappa shape index (κ2) is 48.6. The lowest BCUT2D eigenvalue weighted by Gasteiger charge is -2.24. The Labute approximate surface area is 378 Å². The molecule has 61 heavy (non-hydrogen) atoms. The lowest BCUT2D eigenvalue weighted by Crippen LogP contribution is -2.46. The SMILES string of the molecule is CC/C=C/C/C=C/C/C=C/C/C=C/CCCCCC(=O)OC(CCC/C=C\CCCCCCCC)CC(=O)NC(CO)C(O)CCCCCCCCCCCCCCCCC. The molecule has 1 amide bonds. The van der Waals surface area contributed by atoms with Crippen molar-refractivity contribution in [3.05, 3.63) is 60.8 Å². The van der Waals surface area contributed by atoms with Gasteiger partial charge < -0.3 is 20.3 Å². The van der Waals surface area contributed by atoms with Gasteiger partial charge in [0.1, 0.15) is 6.10 Å². The molecule has 0 bridgehead atoms. The Morgan fingerprint density at radius 2 is 0.902 bits per heavy atom. The van der Waals surface area contributed by atoms with Crippen molar-refractivity contribution in [2.24, 2.45) is 0 Å². The first kappa shape index (κ1) is 58.6. The second-order valence-corrected chi connectivity index (χ2v) is 17.5. The molecule has 0 rings (SSSR count). The van der Waals surface area contributed by atoms with Crippen LogP contribution in [0.25, 0.3) is 0 Å². The first-order valence-electron chi connectivity index (χ1n) is 26.0. The summed E-state index contributed by atoms with van der Waals surface area (Å²) in [6, 6.07) is -0.717. The highest BCUT2D eigenvalue weighted by atomic mass is 16.5. The van der Waals surface area contributed by atoms with Crippen molar-refractivity contribution in [1.82, 2.24) is 5.32 Å². The van der Waals surface area contributed by atoms with Crippen LogP contribution in [0.3, 0.4) is 0 Å². The smallest absolute Gasteiger partial charge is 0.306 e. The van der Waals surface area contributed by atoms with Crippen LogP contribution in [0.15, 0.2) is 60.8 Å². The molecule has 0 radical (unpaired) electrons. The number of ether oxygens (including phenoxy) is 1. The molecule has 0 aromatic carbocycles. The zero-order chi connectivity index (χ0) is 44.5. The molecule has 0 saturated heterocycles. The van der Waals surface area contributed by atoms with Crippen LogP contribution in [0.2, 0.25) is 0 Å². The fourth-order valence-corrected chi connectivity index (χ4v) is 7.66. The number of amides is 1. The number of rotatable bonds is 46. The number of allylic oxidation sites excluding steroid dienone is 10. The Balaban J connectivity index is 4.59. The summed E-state index contributed by atoms with van der Waals surface area (Å²) >= 11 is 0. The highest BCUT2D eigenvalue weighted by Crippen LogP contribution is 2.17. The Morgan fingerprint density at radius 3 is 1.39 bits per heavy atom. The molecule has 0 aliphatic rings. The second-order valence-electron chi connectivity index (χ2n) is 17.5. The van der Waals surface area contributed by atoms with Gasteiger partial charge in [0.2, 0.25) is 5.91 Å². The van der Waals surface area contributed by atoms with Gasteiger partial charge in [0.15, 0.2) is 0 Å². The normalized spacial score (nSPS) is 13.7. The number of carbonyl (C=O) groups is 2. The Bertz CT molecular complexity index is 1090. The number of nitrogens with one attached hydrogen (secondary N) is 1. The third kappa shape index (κ3) is 44.0. The average Bonchev–Trinajstić information content (AvgIpc) is 3.25. The number of aliphatic hydroxyl groups is 2. The molecule has 0 saturated carbocycles. The van der Waals surface area contributed by atoms with E-state index in [0.29, 0.717) is 19.3 Å². The molecule has 3 atom stereocenters. The van der Waals surface area contributed by atoms with E-state index in [2.05, 4.69) is 86.8 Å². The van der Waals surface area contributed by atoms with Crippen LogP contribution in [-0.2, 0) is 14.3 Å². The largest absolute Gasteiger partial charge is 0.462 e. The first-order chi connectivity index (χ1) is 30.0. The Kier molecular flexibility index (Phi) is 46.6. The number of unbranched alkanes of at least 4 members (excludes halogenated alkanes) is 24. The lowest BCUT2D eigenvalue weighted by molar-refractivity contribution is -0.151. The van der Waals surface area contributed by atoms with Crippen LogP contribution in [0.1, 0.15) is 252 Å². The minimum Gasteiger partial charge on any atom is -0.462 e. The van der Waals surface area contributed by atoms with Crippen molar-refractivity contribution in [1.29, 1.82) is 0 Å². The summed E-state index contributed by atoms with van der Waals surface area (Å²) in [6.07, 6.45) is 60.0. The molecular weight excluding hydrogens is 755 g/mol. The summed E-state index contributed by atoms with van der Waals surface area (Å²) in [5, 5.41) is 23.8. The van der Waals surface area contributed by atoms with E-state index in [0.717, 1.165) is 89.9 Å². The number of hydrogen-bond acceptors (Lipinski definition) is 5. The zero-order valence-electron chi connectivity index (χ0n) is 40.3. The van der Waals surface area contributed by atoms with Crippen molar-refractivity contribution in [2.75, 3.05) is 6.61 Å². The van der Waals surface area contributed by atoms with E-state index < -0.39 is 18.2 Å². The van der Waals surface area contributed by atoms with Crippen molar-refractivity contribution in [3.63, 3.8) is 0 Å². The van der Waals surface area contributed by atoms with Gasteiger partial charge >= 0.3 is 5.97 Å². The van der Waals surface area contributed by atoms with E-state index >= 15 is 0 Å². The zero-order valence-corrected chi connectivity index (χ0v) is 40.3. The van der Waals surface area contributed by atoms with Gasteiger partial charge in [-0.15, -0.1) is 0 Å². The first-order valence-corrected chi connectivity index (χ1v) is 26.0. The average molecular weight is 854 g/mol. The topological polar surface area (TPSA) is 95.9 Å². The molecule has 0 aromatic rings. The number of carbonyl (C=O) groups excluding carboxylic acids is 2. The molecule has 0 heterocycles. The highest BCUT2D eigenvalue weighted by Gasteiger charge is 2.24. The summed E-state index contributed by atoms with van der Waals surface area (Å²) in [6.45, 7) is 6.35. The predicted octanol–water partition coefficient (Wildman–Crippen LogP) is 15.6. The minimum absolute atomic E-state index is 0.0429. The van der Waals surface area contributed by atoms with Crippen molar-refractivity contribution in [2.45, 2.75) is 270 Å². The van der Waals surface area contributed by atoms with Gasteiger partial charge in [0.05, 0.1) is 25.2 Å². The third-order valence-corrected chi connectivity index (χ3v) is 11.6. The molecule has 3 N–H and O–H groups in total. The van der Waals surface area contributed by atoms with E-state index in [1.807, 2.05) is 0 Å². The summed E-state index contributed by atoms with van der Waals surface area (Å²) < 4.78 is 5.89. The third-order valence-electron chi connectivity index (χ3n) is 11.6. The van der Waals surface area contributed by atoms with E-state index in [1.54, 1.807) is 0 Å². The van der Waals surface area contributed by atoms with Gasteiger partial charge in [-0.1, -0.05) is 216 Å². The van der Waals surface area contributed by atoms with Crippen LogP contribution >= 0.6 is 0 Å². The van der Waals surface area contributed by atoms with E-state index in [1.165, 1.54) is 116 Å². The molecule has 0 aromatic heterocycles. The van der Waals surface area contributed by atoms with E-state index in [-0.39, 0.29) is 24.9 Å². The molecule has 6 heteroatoms. The molecule has 354 valence electrons. The van der Waals surface area contributed by atoms with Crippen LogP contribution in [0.4, 0.5) is 0 Å². The van der Waals surface area contributed by atoms with Gasteiger partial charge in [0.25, 0.3) is 0 Å². The van der Waals surface area contributed by atoms with Crippen LogP contribution in [0.5, 0.6) is 0 Å². The number of esters is 1. The predicted molar refractivity (Wildman–Crippen MR) is 264 cm³/mol. The minimum atomic E-state index is -0.801. The van der Waals surface area contributed by atoms with Gasteiger partial charge in [-0.3, -0.25) is 9.59 Å². The van der Waals surface area contributed by atoms with Gasteiger partial charge in [-0.05, 0) is 83.5 Å². The van der Waals surface area contributed by atoms with E-state index in [9.17, 15) is 19.8 Å². The van der Waals surface area contributed by atoms with Crippen LogP contribution < -0.4 is 5.32 Å². The Hall–Kier alpha value is -2.44. The van der Waals surface area contributed by atoms with Gasteiger partial charge in [0, 0.05) is 6.42 Å². The van der Waals surface area contributed by atoms with Gasteiger partial charge in [-0.25, -0.2) is 0 Å². The van der Waals surface area contributed by atoms with Crippen molar-refractivity contribution in [3.8, 4) is 0 Å². The quantitative estimate of drug-likeness (QED) is 0.0322. The van der Waals surface area contributed by atoms with Gasteiger partial charge in [-0.2, -0.15) is 0 Å². The lowest BCUT2D eigenvalue weighted by atomic mass is 10.0. The molecule has 0 spiro atoms. The van der Waals surface area contributed by atoms with Crippen LogP contribution in [-0.4, -0.2) is 46.9 Å².